The molecule has 1 aliphatic heterocycles. The maximum Gasteiger partial charge on any atom is 0.335 e. The smallest absolute Gasteiger partial charge is 0.335 e. The van der Waals surface area contributed by atoms with Crippen LogP contribution in [0.25, 0.3) is 0 Å². The second kappa shape index (κ2) is 7.71. The van der Waals surface area contributed by atoms with Gasteiger partial charge in [-0.3, -0.25) is 24.3 Å². The molecule has 1 aliphatic rings. The zero-order chi connectivity index (χ0) is 22.1. The summed E-state index contributed by atoms with van der Waals surface area (Å²) in [6.07, 6.45) is 1.56. The van der Waals surface area contributed by atoms with Gasteiger partial charge < -0.3 is 15.5 Å². The monoisotopic (exact) mass is 417 g/mol. The summed E-state index contributed by atoms with van der Waals surface area (Å²) in [6, 6.07) is 12.7. The highest BCUT2D eigenvalue weighted by atomic mass is 16.4. The number of carboxylic acids is 1. The van der Waals surface area contributed by atoms with Crippen LogP contribution in [0.3, 0.4) is 0 Å². The fraction of sp³-hybridized carbons (Fsp3) is 0.0455. The van der Waals surface area contributed by atoms with Crippen molar-refractivity contribution in [2.24, 2.45) is 0 Å². The topological polar surface area (TPSA) is 137 Å². The predicted octanol–water partition coefficient (Wildman–Crippen LogP) is 2.53. The number of amides is 3. The Hall–Kier alpha value is -4.53. The number of rotatable bonds is 5. The molecular weight excluding hydrogens is 402 g/mol. The summed E-state index contributed by atoms with van der Waals surface area (Å²) in [5.74, 6) is -3.23. The Morgan fingerprint density at radius 1 is 0.935 bits per heavy atom. The lowest BCUT2D eigenvalue weighted by atomic mass is 10.1. The van der Waals surface area contributed by atoms with Gasteiger partial charge in [0.1, 0.15) is 5.75 Å². The first-order valence-corrected chi connectivity index (χ1v) is 9.13. The molecule has 0 unspecified atom stereocenters. The first-order chi connectivity index (χ1) is 14.8. The molecule has 9 heteroatoms. The van der Waals surface area contributed by atoms with Gasteiger partial charge in [-0.05, 0) is 48.5 Å². The molecule has 3 N–H and O–H groups in total. The molecule has 0 spiro atoms. The van der Waals surface area contributed by atoms with Crippen LogP contribution in [0.2, 0.25) is 0 Å². The third kappa shape index (κ3) is 3.71. The zero-order valence-electron chi connectivity index (χ0n) is 15.9. The van der Waals surface area contributed by atoms with Gasteiger partial charge in [-0.1, -0.05) is 6.07 Å². The number of imide groups is 1. The Morgan fingerprint density at radius 3 is 2.39 bits per heavy atom. The van der Waals surface area contributed by atoms with Gasteiger partial charge >= 0.3 is 5.97 Å². The summed E-state index contributed by atoms with van der Waals surface area (Å²) in [4.78, 5) is 54.3. The lowest BCUT2D eigenvalue weighted by Crippen LogP contribution is -2.29. The molecule has 2 heterocycles. The van der Waals surface area contributed by atoms with Crippen LogP contribution in [-0.2, 0) is 6.54 Å². The van der Waals surface area contributed by atoms with E-state index in [0.29, 0.717) is 5.69 Å². The molecule has 0 aliphatic carbocycles. The number of carbonyl (C=O) groups is 4. The number of aromatic hydroxyl groups is 1. The predicted molar refractivity (Wildman–Crippen MR) is 108 cm³/mol. The number of pyridine rings is 1. The van der Waals surface area contributed by atoms with E-state index >= 15 is 0 Å². The third-order valence-corrected chi connectivity index (χ3v) is 4.77. The van der Waals surface area contributed by atoms with Gasteiger partial charge in [0.15, 0.2) is 0 Å². The van der Waals surface area contributed by atoms with E-state index in [1.54, 1.807) is 24.4 Å². The summed E-state index contributed by atoms with van der Waals surface area (Å²) in [5, 5.41) is 21.4. The maximum absolute atomic E-state index is 12.8. The number of fused-ring (bicyclic) bond motifs is 1. The van der Waals surface area contributed by atoms with E-state index in [1.165, 1.54) is 24.3 Å². The average molecular weight is 417 g/mol. The maximum atomic E-state index is 12.8. The molecule has 0 atom stereocenters. The standard InChI is InChI=1S/C22H15N3O6/c26-18-7-5-13(22(30)31)10-17(18)24-19(27)12-4-6-15-16(9-12)21(29)25(20(15)28)11-14-3-1-2-8-23-14/h1-10,26H,11H2,(H,24,27)(H,30,31). The lowest BCUT2D eigenvalue weighted by molar-refractivity contribution is 0.0637. The van der Waals surface area contributed by atoms with Crippen LogP contribution >= 0.6 is 0 Å². The Morgan fingerprint density at radius 2 is 1.68 bits per heavy atom. The molecule has 4 rings (SSSR count). The van der Waals surface area contributed by atoms with Crippen molar-refractivity contribution in [1.82, 2.24) is 9.88 Å². The fourth-order valence-electron chi connectivity index (χ4n) is 3.19. The minimum atomic E-state index is -1.22. The molecule has 3 aromatic rings. The number of carbonyl (C=O) groups excluding carboxylic acids is 3. The van der Waals surface area contributed by atoms with Crippen molar-refractivity contribution < 1.29 is 29.4 Å². The summed E-state index contributed by atoms with van der Waals surface area (Å²) in [7, 11) is 0. The van der Waals surface area contributed by atoms with E-state index in [0.717, 1.165) is 17.0 Å². The minimum absolute atomic E-state index is 0.00453. The van der Waals surface area contributed by atoms with Crippen LogP contribution in [0.1, 0.15) is 47.1 Å². The van der Waals surface area contributed by atoms with Crippen LogP contribution in [-0.4, -0.2) is 43.8 Å². The van der Waals surface area contributed by atoms with Crippen LogP contribution < -0.4 is 5.32 Å². The van der Waals surface area contributed by atoms with E-state index in [1.807, 2.05) is 0 Å². The van der Waals surface area contributed by atoms with E-state index in [9.17, 15) is 24.3 Å². The number of phenols is 1. The van der Waals surface area contributed by atoms with Crippen LogP contribution in [0.15, 0.2) is 60.8 Å². The van der Waals surface area contributed by atoms with E-state index in [2.05, 4.69) is 10.3 Å². The zero-order valence-corrected chi connectivity index (χ0v) is 15.9. The van der Waals surface area contributed by atoms with Crippen LogP contribution in [0.5, 0.6) is 5.75 Å². The van der Waals surface area contributed by atoms with Crippen LogP contribution in [0.4, 0.5) is 5.69 Å². The number of phenolic OH excluding ortho intramolecular Hbond substituents is 1. The Bertz CT molecular complexity index is 1240. The molecule has 154 valence electrons. The van der Waals surface area contributed by atoms with Crippen molar-refractivity contribution in [3.8, 4) is 5.75 Å². The largest absolute Gasteiger partial charge is 0.506 e. The van der Waals surface area contributed by atoms with Crippen molar-refractivity contribution in [2.75, 3.05) is 5.32 Å². The van der Waals surface area contributed by atoms with E-state index in [-0.39, 0.29) is 40.2 Å². The number of nitrogens with one attached hydrogen (secondary N) is 1. The number of aromatic carboxylic acids is 1. The minimum Gasteiger partial charge on any atom is -0.506 e. The molecule has 0 saturated carbocycles. The number of carboxylic acid groups (broad SMARTS) is 1. The van der Waals surface area contributed by atoms with Crippen molar-refractivity contribution in [3.63, 3.8) is 0 Å². The van der Waals surface area contributed by atoms with Crippen molar-refractivity contribution in [3.05, 3.63) is 88.7 Å². The number of anilines is 1. The Kier molecular flexibility index (Phi) is 4.92. The second-order valence-corrected chi connectivity index (χ2v) is 6.77. The van der Waals surface area contributed by atoms with Crippen molar-refractivity contribution in [1.29, 1.82) is 0 Å². The molecule has 31 heavy (non-hydrogen) atoms. The highest BCUT2D eigenvalue weighted by Crippen LogP contribution is 2.28. The van der Waals surface area contributed by atoms with Gasteiger partial charge in [0, 0.05) is 11.8 Å². The molecule has 0 bridgehead atoms. The first kappa shape index (κ1) is 19.8. The van der Waals surface area contributed by atoms with Crippen molar-refractivity contribution in [2.45, 2.75) is 6.54 Å². The number of aromatic nitrogens is 1. The van der Waals surface area contributed by atoms with E-state index < -0.39 is 23.7 Å². The highest BCUT2D eigenvalue weighted by molar-refractivity contribution is 6.22. The molecule has 0 fully saturated rings. The molecule has 0 saturated heterocycles. The quantitative estimate of drug-likeness (QED) is 0.428. The first-order valence-electron chi connectivity index (χ1n) is 9.13. The molecular formula is C22H15N3O6. The summed E-state index contributed by atoms with van der Waals surface area (Å²) in [5.41, 5.74) is 0.659. The van der Waals surface area contributed by atoms with Gasteiger partial charge in [0.2, 0.25) is 0 Å². The fourth-order valence-corrected chi connectivity index (χ4v) is 3.19. The Balaban J connectivity index is 1.58. The third-order valence-electron chi connectivity index (χ3n) is 4.77. The van der Waals surface area contributed by atoms with Gasteiger partial charge in [-0.2, -0.15) is 0 Å². The Labute approximate surface area is 175 Å². The second-order valence-electron chi connectivity index (χ2n) is 6.77. The highest BCUT2D eigenvalue weighted by Gasteiger charge is 2.36. The van der Waals surface area contributed by atoms with Gasteiger partial charge in [0.25, 0.3) is 17.7 Å². The molecule has 3 amide bonds. The number of hydrogen-bond acceptors (Lipinski definition) is 6. The van der Waals surface area contributed by atoms with Crippen LogP contribution in [0, 0.1) is 0 Å². The molecule has 2 aromatic carbocycles. The molecule has 0 radical (unpaired) electrons. The van der Waals surface area contributed by atoms with Gasteiger partial charge in [-0.25, -0.2) is 4.79 Å². The summed E-state index contributed by atoms with van der Waals surface area (Å²) >= 11 is 0. The van der Waals surface area contributed by atoms with Gasteiger partial charge in [-0.15, -0.1) is 0 Å². The SMILES string of the molecule is O=C(O)c1ccc(O)c(NC(=O)c2ccc3c(c2)C(=O)N(Cc2ccccn2)C3=O)c1. The molecule has 1 aromatic heterocycles. The van der Waals surface area contributed by atoms with E-state index in [4.69, 9.17) is 5.11 Å². The lowest BCUT2D eigenvalue weighted by Gasteiger charge is -2.12. The number of hydrogen-bond donors (Lipinski definition) is 3. The van der Waals surface area contributed by atoms with Gasteiger partial charge in [0.05, 0.1) is 34.6 Å². The number of nitrogens with zero attached hydrogens (tertiary/aromatic N) is 2. The average Bonchev–Trinajstić information content (AvgIpc) is 3.00. The number of benzene rings is 2. The molecule has 9 nitrogen and oxygen atoms in total. The normalized spacial score (nSPS) is 12.6. The summed E-state index contributed by atoms with van der Waals surface area (Å²) < 4.78 is 0. The summed E-state index contributed by atoms with van der Waals surface area (Å²) in [6.45, 7) is 0.00453. The van der Waals surface area contributed by atoms with Crippen molar-refractivity contribution >= 4 is 29.4 Å².